The van der Waals surface area contributed by atoms with Crippen molar-refractivity contribution >= 4 is 38.7 Å². The summed E-state index contributed by atoms with van der Waals surface area (Å²) >= 11 is 0. The topological polar surface area (TPSA) is 0 Å². The Bertz CT molecular complexity index is 8.00. The molecule has 0 fully saturated rings. The van der Waals surface area contributed by atoms with Gasteiger partial charge in [-0.05, 0) is 0 Å². The Hall–Kier alpha value is 2.26. The van der Waals surface area contributed by atoms with Crippen molar-refractivity contribution in [1.29, 1.82) is 0 Å². The molecule has 4 heteroatoms. The molecule has 0 saturated carbocycles. The van der Waals surface area contributed by atoms with Crippen molar-refractivity contribution < 1.29 is 33.8 Å². The molecule has 0 amide bonds. The van der Waals surface area contributed by atoms with Crippen LogP contribution in [0.5, 0.6) is 0 Å². The zero-order valence-electron chi connectivity index (χ0n) is 0.635. The Balaban J connectivity index is 0. The average molecular weight is 203 g/mol. The summed E-state index contributed by atoms with van der Waals surface area (Å²) < 4.78 is 0. The van der Waals surface area contributed by atoms with E-state index < -0.39 is 0 Å². The Morgan fingerprint density at radius 1 is 1.00 bits per heavy atom. The van der Waals surface area contributed by atoms with Crippen molar-refractivity contribution in [2.45, 2.75) is 0 Å². The van der Waals surface area contributed by atoms with Crippen LogP contribution in [-0.4, -0.2) is 38.7 Å². The fraction of sp³-hybridized carbons (Fsp3) is 0. The fourth-order valence-corrected chi connectivity index (χ4v) is 0. The first-order valence-corrected chi connectivity index (χ1v) is 0. The van der Waals surface area contributed by atoms with Crippen LogP contribution in [0.1, 0.15) is 0 Å². The first-order chi connectivity index (χ1) is 0. The van der Waals surface area contributed by atoms with Gasteiger partial charge in [0, 0.05) is 33.8 Å². The second-order valence-electron chi connectivity index (χ2n) is 0. The zero-order chi connectivity index (χ0) is 0. The van der Waals surface area contributed by atoms with Crippen LogP contribution in [0.4, 0.5) is 0 Å². The minimum atomic E-state index is 0. The standard InChI is InChI=1S/Co.Cu.Ga.Li.4H. The monoisotopic (exact) mass is 202 g/mol. The van der Waals surface area contributed by atoms with Gasteiger partial charge in [0.25, 0.3) is 0 Å². The van der Waals surface area contributed by atoms with E-state index in [2.05, 4.69) is 0 Å². The van der Waals surface area contributed by atoms with E-state index in [9.17, 15) is 0 Å². The summed E-state index contributed by atoms with van der Waals surface area (Å²) in [5.74, 6) is 0. The van der Waals surface area contributed by atoms with Gasteiger partial charge in [-0.2, -0.15) is 0 Å². The second-order valence-corrected chi connectivity index (χ2v) is 0. The van der Waals surface area contributed by atoms with E-state index in [1.54, 1.807) is 0 Å². The molecule has 28 valence electrons. The second kappa shape index (κ2) is 18.7. The van der Waals surface area contributed by atoms with Gasteiger partial charge in [0.2, 0.25) is 0 Å². The summed E-state index contributed by atoms with van der Waals surface area (Å²) in [6.07, 6.45) is 0. The van der Waals surface area contributed by atoms with Gasteiger partial charge in [-0.15, -0.1) is 0 Å². The molecule has 0 aliphatic carbocycles. The van der Waals surface area contributed by atoms with Crippen LogP contribution >= 0.6 is 0 Å². The molecule has 0 aromatic heterocycles. The van der Waals surface area contributed by atoms with Gasteiger partial charge >= 0.3 is 38.7 Å². The third-order valence-corrected chi connectivity index (χ3v) is 0. The molecule has 0 aromatic carbocycles. The summed E-state index contributed by atoms with van der Waals surface area (Å²) in [5, 5.41) is 0. The number of hydrogen-bond acceptors (Lipinski definition) is 0. The van der Waals surface area contributed by atoms with Gasteiger partial charge in [0.15, 0.2) is 0 Å². The van der Waals surface area contributed by atoms with E-state index in [0.29, 0.717) is 0 Å². The molecule has 0 atom stereocenters. The van der Waals surface area contributed by atoms with Crippen molar-refractivity contribution in [3.05, 3.63) is 0 Å². The minimum absolute atomic E-state index is 0. The quantitative estimate of drug-likeness (QED) is 0.406. The van der Waals surface area contributed by atoms with Crippen LogP contribution in [-0.2, 0) is 33.8 Å². The van der Waals surface area contributed by atoms with Gasteiger partial charge in [0.1, 0.15) is 0 Å². The number of hydrogen-bond donors (Lipinski definition) is 0. The van der Waals surface area contributed by atoms with Crippen molar-refractivity contribution in [1.82, 2.24) is 0 Å². The molecule has 0 N–H and O–H groups in total. The molecule has 2 radical (unpaired) electrons. The van der Waals surface area contributed by atoms with Gasteiger partial charge in [-0.25, -0.2) is 0 Å². The maximum atomic E-state index is 0. The van der Waals surface area contributed by atoms with E-state index in [0.717, 1.165) is 0 Å². The van der Waals surface area contributed by atoms with Crippen LogP contribution < -0.4 is 0 Å². The van der Waals surface area contributed by atoms with Crippen molar-refractivity contribution in [3.8, 4) is 0 Å². The zero-order valence-corrected chi connectivity index (χ0v) is 2.62. The van der Waals surface area contributed by atoms with E-state index in [4.69, 9.17) is 0 Å². The fourth-order valence-electron chi connectivity index (χ4n) is 0. The Morgan fingerprint density at radius 2 is 1.00 bits per heavy atom. The molecular formula is H4CoCuGaLi. The van der Waals surface area contributed by atoms with Gasteiger partial charge in [0.05, 0.1) is 0 Å². The number of rotatable bonds is 0. The van der Waals surface area contributed by atoms with E-state index >= 15 is 0 Å². The Labute approximate surface area is 71.8 Å². The van der Waals surface area contributed by atoms with Gasteiger partial charge < -0.3 is 0 Å². The van der Waals surface area contributed by atoms with E-state index in [1.807, 2.05) is 0 Å². The summed E-state index contributed by atoms with van der Waals surface area (Å²) in [4.78, 5) is 0. The molecular weight excluding hydrogens is 199 g/mol. The van der Waals surface area contributed by atoms with Crippen molar-refractivity contribution in [3.63, 3.8) is 0 Å². The van der Waals surface area contributed by atoms with Crippen LogP contribution in [0.15, 0.2) is 0 Å². The van der Waals surface area contributed by atoms with E-state index in [1.165, 1.54) is 0 Å². The maximum absolute atomic E-state index is 0. The predicted molar refractivity (Wildman–Crippen MR) is 17.1 cm³/mol. The van der Waals surface area contributed by atoms with Crippen LogP contribution in [0.2, 0.25) is 0 Å². The SMILES string of the molecule is [Co].[Cu].[GaH3].[LiH]. The molecule has 0 spiro atoms. The molecule has 0 aliphatic rings. The van der Waals surface area contributed by atoms with Crippen LogP contribution in [0, 0.1) is 0 Å². The summed E-state index contributed by atoms with van der Waals surface area (Å²) in [7, 11) is 0. The first-order valence-electron chi connectivity index (χ1n) is 0. The summed E-state index contributed by atoms with van der Waals surface area (Å²) in [6.45, 7) is 0. The van der Waals surface area contributed by atoms with Gasteiger partial charge in [-0.1, -0.05) is 0 Å². The molecule has 0 heterocycles. The first kappa shape index (κ1) is 33.9. The molecule has 4 heavy (non-hydrogen) atoms. The van der Waals surface area contributed by atoms with Crippen molar-refractivity contribution in [2.75, 3.05) is 0 Å². The predicted octanol–water partition coefficient (Wildman–Crippen LogP) is -1.84. The molecule has 0 unspecified atom stereocenters. The molecule has 0 rings (SSSR count). The Morgan fingerprint density at radius 3 is 1.00 bits per heavy atom. The summed E-state index contributed by atoms with van der Waals surface area (Å²) in [5.41, 5.74) is 0. The third kappa shape index (κ3) is 8.86. The Kier molecular flexibility index (Phi) is 158. The molecule has 0 aliphatic heterocycles. The summed E-state index contributed by atoms with van der Waals surface area (Å²) in [6, 6.07) is 0. The van der Waals surface area contributed by atoms with E-state index in [-0.39, 0.29) is 72.5 Å². The van der Waals surface area contributed by atoms with Crippen LogP contribution in [0.3, 0.4) is 0 Å². The van der Waals surface area contributed by atoms with Crippen LogP contribution in [0.25, 0.3) is 0 Å². The normalized spacial score (nSPS) is 0. The molecule has 0 bridgehead atoms. The average Bonchev–Trinajstić information content (AvgIpc) is 0. The van der Waals surface area contributed by atoms with Crippen molar-refractivity contribution in [2.24, 2.45) is 0 Å². The van der Waals surface area contributed by atoms with Gasteiger partial charge in [-0.3, -0.25) is 0 Å². The third-order valence-electron chi connectivity index (χ3n) is 0. The molecule has 0 saturated heterocycles. The molecule has 0 nitrogen and oxygen atoms in total. The molecule has 0 aromatic rings.